The maximum atomic E-state index is 5.86. The second kappa shape index (κ2) is 4.43. The van der Waals surface area contributed by atoms with Crippen LogP contribution >= 0.6 is 0 Å². The number of nitrogens with zero attached hydrogens (tertiary/aromatic N) is 2. The molecule has 2 rings (SSSR count). The lowest BCUT2D eigenvalue weighted by atomic mass is 10.3. The minimum atomic E-state index is 0.546. The lowest BCUT2D eigenvalue weighted by molar-refractivity contribution is 0.320. The molecule has 1 aromatic carbocycles. The van der Waals surface area contributed by atoms with Gasteiger partial charge in [0, 0.05) is 6.54 Å². The van der Waals surface area contributed by atoms with Crippen molar-refractivity contribution in [2.75, 3.05) is 12.3 Å². The molecule has 0 unspecified atom stereocenters. The molecule has 0 aliphatic rings. The number of aromatic nitrogens is 2. The number of anilines is 1. The van der Waals surface area contributed by atoms with Crippen molar-refractivity contribution in [1.29, 1.82) is 0 Å². The standard InChI is InChI=1S/C12H17N3O/c1-3-8-16-10-7-5-6-9-11(10)14-12(13)15(9)4-2/h5-7H,3-4,8H2,1-2H3,(H2,13,14). The van der Waals surface area contributed by atoms with E-state index in [4.69, 9.17) is 10.5 Å². The Hall–Kier alpha value is -1.71. The Kier molecular flexibility index (Phi) is 2.99. The molecule has 86 valence electrons. The number of rotatable bonds is 4. The van der Waals surface area contributed by atoms with Crippen molar-refractivity contribution in [2.24, 2.45) is 0 Å². The molecule has 0 aliphatic heterocycles. The lowest BCUT2D eigenvalue weighted by Gasteiger charge is -2.05. The van der Waals surface area contributed by atoms with Gasteiger partial charge in [0.1, 0.15) is 11.3 Å². The topological polar surface area (TPSA) is 53.1 Å². The van der Waals surface area contributed by atoms with Crippen LogP contribution in [0, 0.1) is 0 Å². The first-order chi connectivity index (χ1) is 7.77. The van der Waals surface area contributed by atoms with E-state index in [1.165, 1.54) is 0 Å². The second-order valence-electron chi connectivity index (χ2n) is 3.69. The largest absolute Gasteiger partial charge is 0.491 e. The van der Waals surface area contributed by atoms with E-state index in [-0.39, 0.29) is 0 Å². The van der Waals surface area contributed by atoms with Gasteiger partial charge in [-0.15, -0.1) is 0 Å². The van der Waals surface area contributed by atoms with Gasteiger partial charge >= 0.3 is 0 Å². The van der Waals surface area contributed by atoms with Gasteiger partial charge < -0.3 is 15.0 Å². The lowest BCUT2D eigenvalue weighted by Crippen LogP contribution is -2.00. The molecular formula is C12H17N3O. The van der Waals surface area contributed by atoms with Gasteiger partial charge in [-0.05, 0) is 25.5 Å². The van der Waals surface area contributed by atoms with Gasteiger partial charge in [0.2, 0.25) is 5.95 Å². The maximum Gasteiger partial charge on any atom is 0.201 e. The van der Waals surface area contributed by atoms with Crippen LogP contribution in [-0.2, 0) is 6.54 Å². The molecule has 4 nitrogen and oxygen atoms in total. The molecule has 0 aliphatic carbocycles. The van der Waals surface area contributed by atoms with E-state index in [0.717, 1.165) is 29.7 Å². The van der Waals surface area contributed by atoms with Crippen molar-refractivity contribution in [2.45, 2.75) is 26.8 Å². The fourth-order valence-electron chi connectivity index (χ4n) is 1.80. The molecule has 0 radical (unpaired) electrons. The average molecular weight is 219 g/mol. The molecular weight excluding hydrogens is 202 g/mol. The number of fused-ring (bicyclic) bond motifs is 1. The Morgan fingerprint density at radius 2 is 2.19 bits per heavy atom. The predicted octanol–water partition coefficient (Wildman–Crippen LogP) is 2.43. The Morgan fingerprint density at radius 3 is 2.88 bits per heavy atom. The molecule has 0 amide bonds. The van der Waals surface area contributed by atoms with E-state index >= 15 is 0 Å². The smallest absolute Gasteiger partial charge is 0.201 e. The van der Waals surface area contributed by atoms with Crippen LogP contribution in [0.15, 0.2) is 18.2 Å². The average Bonchev–Trinajstić information content (AvgIpc) is 2.62. The summed E-state index contributed by atoms with van der Waals surface area (Å²) in [4.78, 5) is 4.35. The van der Waals surface area contributed by atoms with Crippen LogP contribution in [0.25, 0.3) is 11.0 Å². The van der Waals surface area contributed by atoms with Crippen LogP contribution < -0.4 is 10.5 Å². The van der Waals surface area contributed by atoms with Crippen molar-refractivity contribution >= 4 is 17.0 Å². The van der Waals surface area contributed by atoms with E-state index in [1.54, 1.807) is 0 Å². The normalized spacial score (nSPS) is 10.9. The van der Waals surface area contributed by atoms with E-state index in [2.05, 4.69) is 18.8 Å². The van der Waals surface area contributed by atoms with E-state index in [1.807, 2.05) is 22.8 Å². The summed E-state index contributed by atoms with van der Waals surface area (Å²) < 4.78 is 7.63. The summed E-state index contributed by atoms with van der Waals surface area (Å²) in [5.41, 5.74) is 7.75. The summed E-state index contributed by atoms with van der Waals surface area (Å²) in [6, 6.07) is 5.92. The van der Waals surface area contributed by atoms with Gasteiger partial charge in [0.25, 0.3) is 0 Å². The molecule has 2 aromatic rings. The van der Waals surface area contributed by atoms with E-state index < -0.39 is 0 Å². The number of hydrogen-bond acceptors (Lipinski definition) is 3. The first-order valence-electron chi connectivity index (χ1n) is 5.65. The fraction of sp³-hybridized carbons (Fsp3) is 0.417. The predicted molar refractivity (Wildman–Crippen MR) is 65.6 cm³/mol. The Bertz CT molecular complexity index is 490. The molecule has 0 saturated heterocycles. The highest BCUT2D eigenvalue weighted by Gasteiger charge is 2.10. The molecule has 16 heavy (non-hydrogen) atoms. The number of aryl methyl sites for hydroxylation is 1. The van der Waals surface area contributed by atoms with Gasteiger partial charge in [-0.1, -0.05) is 13.0 Å². The SMILES string of the molecule is CCCOc1cccc2c1nc(N)n2CC. The zero-order valence-corrected chi connectivity index (χ0v) is 9.73. The van der Waals surface area contributed by atoms with Gasteiger partial charge in [0.15, 0.2) is 0 Å². The van der Waals surface area contributed by atoms with Gasteiger partial charge in [-0.3, -0.25) is 0 Å². The third kappa shape index (κ3) is 1.71. The number of benzene rings is 1. The summed E-state index contributed by atoms with van der Waals surface area (Å²) in [5, 5.41) is 0. The van der Waals surface area contributed by atoms with Crippen LogP contribution in [0.1, 0.15) is 20.3 Å². The number of nitrogen functional groups attached to an aromatic ring is 1. The molecule has 0 fully saturated rings. The first kappa shape index (κ1) is 10.8. The first-order valence-corrected chi connectivity index (χ1v) is 5.65. The molecule has 2 N–H and O–H groups in total. The summed E-state index contributed by atoms with van der Waals surface area (Å²) >= 11 is 0. The quantitative estimate of drug-likeness (QED) is 0.859. The minimum absolute atomic E-state index is 0.546. The van der Waals surface area contributed by atoms with E-state index in [0.29, 0.717) is 12.6 Å². The van der Waals surface area contributed by atoms with Crippen LogP contribution in [0.3, 0.4) is 0 Å². The van der Waals surface area contributed by atoms with Crippen LogP contribution in [0.5, 0.6) is 5.75 Å². The maximum absolute atomic E-state index is 5.86. The highest BCUT2D eigenvalue weighted by molar-refractivity contribution is 5.84. The van der Waals surface area contributed by atoms with E-state index in [9.17, 15) is 0 Å². The summed E-state index contributed by atoms with van der Waals surface area (Å²) in [5.74, 6) is 1.36. The molecule has 0 bridgehead atoms. The monoisotopic (exact) mass is 219 g/mol. The Morgan fingerprint density at radius 1 is 1.38 bits per heavy atom. The minimum Gasteiger partial charge on any atom is -0.491 e. The molecule has 0 saturated carbocycles. The number of nitrogens with two attached hydrogens (primary N) is 1. The van der Waals surface area contributed by atoms with Gasteiger partial charge in [-0.25, -0.2) is 4.98 Å². The summed E-state index contributed by atoms with van der Waals surface area (Å²) in [6.07, 6.45) is 0.986. The zero-order valence-electron chi connectivity index (χ0n) is 9.73. The highest BCUT2D eigenvalue weighted by atomic mass is 16.5. The molecule has 1 aromatic heterocycles. The van der Waals surface area contributed by atoms with Crippen molar-refractivity contribution < 1.29 is 4.74 Å². The van der Waals surface area contributed by atoms with Crippen molar-refractivity contribution in [3.63, 3.8) is 0 Å². The number of para-hydroxylation sites is 1. The van der Waals surface area contributed by atoms with Crippen LogP contribution in [-0.4, -0.2) is 16.2 Å². The molecule has 4 heteroatoms. The van der Waals surface area contributed by atoms with Crippen molar-refractivity contribution in [3.8, 4) is 5.75 Å². The molecule has 1 heterocycles. The number of imidazole rings is 1. The molecule has 0 atom stereocenters. The van der Waals surface area contributed by atoms with Crippen LogP contribution in [0.4, 0.5) is 5.95 Å². The summed E-state index contributed by atoms with van der Waals surface area (Å²) in [6.45, 7) is 5.66. The van der Waals surface area contributed by atoms with Gasteiger partial charge in [-0.2, -0.15) is 0 Å². The summed E-state index contributed by atoms with van der Waals surface area (Å²) in [7, 11) is 0. The third-order valence-corrected chi connectivity index (χ3v) is 2.55. The second-order valence-corrected chi connectivity index (χ2v) is 3.69. The van der Waals surface area contributed by atoms with Gasteiger partial charge in [0.05, 0.1) is 12.1 Å². The molecule has 0 spiro atoms. The fourth-order valence-corrected chi connectivity index (χ4v) is 1.80. The number of hydrogen-bond donors (Lipinski definition) is 1. The Labute approximate surface area is 95.0 Å². The van der Waals surface area contributed by atoms with Crippen molar-refractivity contribution in [3.05, 3.63) is 18.2 Å². The highest BCUT2D eigenvalue weighted by Crippen LogP contribution is 2.26. The Balaban J connectivity index is 2.51. The third-order valence-electron chi connectivity index (χ3n) is 2.55. The zero-order chi connectivity index (χ0) is 11.5. The van der Waals surface area contributed by atoms with Crippen molar-refractivity contribution in [1.82, 2.24) is 9.55 Å². The number of ether oxygens (including phenoxy) is 1. The van der Waals surface area contributed by atoms with Crippen LogP contribution in [0.2, 0.25) is 0 Å².